The Morgan fingerprint density at radius 3 is 2.39 bits per heavy atom. The zero-order valence-electron chi connectivity index (χ0n) is 35.3. The van der Waals surface area contributed by atoms with Gasteiger partial charge >= 0.3 is 5.97 Å². The van der Waals surface area contributed by atoms with Crippen LogP contribution in [0.1, 0.15) is 128 Å². The number of ether oxygens (including phenoxy) is 2. The van der Waals surface area contributed by atoms with Gasteiger partial charge in [-0.2, -0.15) is 5.10 Å². The monoisotopic (exact) mass is 744 g/mol. The third kappa shape index (κ3) is 5.39. The highest BCUT2D eigenvalue weighted by Gasteiger charge is 2.73. The van der Waals surface area contributed by atoms with Crippen LogP contribution in [0, 0.1) is 62.1 Å². The fourth-order valence-electron chi connectivity index (χ4n) is 13.1. The van der Waals surface area contributed by atoms with E-state index in [9.17, 15) is 9.90 Å². The number of carbonyl (C=O) groups is 1. The first-order valence-corrected chi connectivity index (χ1v) is 20.9. The molecule has 2 aromatic heterocycles. The van der Waals surface area contributed by atoms with Gasteiger partial charge in [0.1, 0.15) is 6.33 Å². The molecule has 4 aliphatic carbocycles. The summed E-state index contributed by atoms with van der Waals surface area (Å²) in [6, 6.07) is 3.87. The predicted octanol–water partition coefficient (Wildman–Crippen LogP) is 9.01. The summed E-state index contributed by atoms with van der Waals surface area (Å²) in [5.74, 6) is 1.06. The van der Waals surface area contributed by atoms with E-state index >= 15 is 0 Å². The number of hydrogen-bond donors (Lipinski definition) is 2. The van der Waals surface area contributed by atoms with E-state index in [-0.39, 0.29) is 56.7 Å². The molecule has 298 valence electrons. The maximum absolute atomic E-state index is 13.6. The van der Waals surface area contributed by atoms with Crippen LogP contribution < -0.4 is 5.73 Å². The van der Waals surface area contributed by atoms with Crippen LogP contribution in [-0.2, 0) is 14.3 Å². The first-order chi connectivity index (χ1) is 25.1. The van der Waals surface area contributed by atoms with Crippen molar-refractivity contribution in [3.63, 3.8) is 0 Å². The molecule has 9 nitrogen and oxygen atoms in total. The third-order valence-electron chi connectivity index (χ3n) is 17.7. The number of rotatable bonds is 8. The summed E-state index contributed by atoms with van der Waals surface area (Å²) in [4.78, 5) is 22.8. The highest BCUT2D eigenvalue weighted by molar-refractivity contribution is 5.73. The lowest BCUT2D eigenvalue weighted by Crippen LogP contribution is -2.71. The maximum Gasteiger partial charge on any atom is 0.307 e. The number of aromatic nitrogens is 4. The van der Waals surface area contributed by atoms with Crippen molar-refractivity contribution in [2.24, 2.45) is 67.8 Å². The molecule has 2 unspecified atom stereocenters. The molecular formula is C45H69N5O4. The number of allylic oxidation sites excluding steroid dienone is 1. The van der Waals surface area contributed by atoms with Crippen LogP contribution in [0.4, 0.5) is 0 Å². The van der Waals surface area contributed by atoms with Crippen molar-refractivity contribution in [3.8, 4) is 11.4 Å². The zero-order valence-corrected chi connectivity index (χ0v) is 35.3. The molecule has 1 saturated heterocycles. The fourth-order valence-corrected chi connectivity index (χ4v) is 13.1. The summed E-state index contributed by atoms with van der Waals surface area (Å²) in [7, 11) is 0. The Labute approximate surface area is 324 Å². The van der Waals surface area contributed by atoms with Gasteiger partial charge in [-0.25, -0.2) is 9.67 Å². The smallest absolute Gasteiger partial charge is 0.307 e. The van der Waals surface area contributed by atoms with Crippen molar-refractivity contribution in [3.05, 3.63) is 42.5 Å². The van der Waals surface area contributed by atoms with Gasteiger partial charge in [-0.05, 0) is 110 Å². The van der Waals surface area contributed by atoms with E-state index in [1.54, 1.807) is 6.33 Å². The quantitative estimate of drug-likeness (QED) is 0.257. The molecule has 54 heavy (non-hydrogen) atoms. The minimum absolute atomic E-state index is 0.0200. The number of nitrogens with zero attached hydrogens (tertiary/aromatic N) is 4. The normalized spacial score (nSPS) is 42.2. The second kappa shape index (κ2) is 13.0. The Morgan fingerprint density at radius 1 is 1.07 bits per heavy atom. The van der Waals surface area contributed by atoms with Gasteiger partial charge in [0.15, 0.2) is 5.82 Å². The Morgan fingerprint density at radius 2 is 1.76 bits per heavy atom. The summed E-state index contributed by atoms with van der Waals surface area (Å²) in [5, 5.41) is 16.2. The zero-order chi connectivity index (χ0) is 39.4. The highest BCUT2D eigenvalue weighted by Crippen LogP contribution is 2.76. The molecule has 0 radical (unpaired) electrons. The summed E-state index contributed by atoms with van der Waals surface area (Å²) in [5.41, 5.74) is 7.35. The van der Waals surface area contributed by atoms with E-state index in [4.69, 9.17) is 25.3 Å². The lowest BCUT2D eigenvalue weighted by atomic mass is 9.33. The van der Waals surface area contributed by atoms with Gasteiger partial charge < -0.3 is 20.3 Å². The van der Waals surface area contributed by atoms with Crippen molar-refractivity contribution in [2.75, 3.05) is 13.2 Å². The van der Waals surface area contributed by atoms with Crippen molar-refractivity contribution < 1.29 is 19.4 Å². The molecule has 2 aromatic rings. The number of hydrogen-bond acceptors (Lipinski definition) is 7. The van der Waals surface area contributed by atoms with E-state index in [2.05, 4.69) is 98.8 Å². The first kappa shape index (κ1) is 39.6. The van der Waals surface area contributed by atoms with Crippen molar-refractivity contribution >= 4 is 5.97 Å². The fraction of sp³-hybridized carbons (Fsp3) is 0.778. The number of aliphatic carboxylic acids is 1. The van der Waals surface area contributed by atoms with E-state index in [0.29, 0.717) is 31.0 Å². The standard InChI is InChI=1S/C45H69N5O4/c1-27(2)28(3)40(8)19-20-42(10)31-13-14-34-41(9)24-53-29(4)45(34,32(31)15-18-43(42,11)35(40)38(51)52)23-33(36(41)54-25-44(12,46)39(5,6)7)50-37(48-26-49-50)30-16-21-47-22-17-30/h15-17,21-22,26-29,31,33-36H,13-14,18-20,23-25,46H2,1-12H3,(H,51,52)/t28-,29+,31+,33-,34+,35-,36+,40-,41-,42?,43+,44?,45+/m1/s1. The van der Waals surface area contributed by atoms with Crippen LogP contribution in [0.5, 0.6) is 0 Å². The van der Waals surface area contributed by atoms with Gasteiger partial charge in [0.05, 0.1) is 37.4 Å². The molecule has 1 aliphatic heterocycles. The van der Waals surface area contributed by atoms with E-state index < -0.39 is 17.4 Å². The molecule has 2 bridgehead atoms. The first-order valence-electron chi connectivity index (χ1n) is 20.9. The van der Waals surface area contributed by atoms with Gasteiger partial charge in [0.2, 0.25) is 0 Å². The maximum atomic E-state index is 13.6. The average Bonchev–Trinajstić information content (AvgIpc) is 3.59. The molecule has 3 N–H and O–H groups in total. The molecule has 5 aliphatic rings. The molecule has 7 rings (SSSR count). The van der Waals surface area contributed by atoms with Gasteiger partial charge in [-0.1, -0.05) is 80.9 Å². The van der Waals surface area contributed by atoms with Crippen molar-refractivity contribution in [1.82, 2.24) is 19.7 Å². The Kier molecular flexibility index (Phi) is 9.50. The number of pyridine rings is 1. The topological polar surface area (TPSA) is 125 Å². The summed E-state index contributed by atoms with van der Waals surface area (Å²) >= 11 is 0. The number of carboxylic acids is 1. The highest BCUT2D eigenvalue weighted by atomic mass is 16.5. The second-order valence-corrected chi connectivity index (χ2v) is 21.1. The molecule has 3 saturated carbocycles. The van der Waals surface area contributed by atoms with E-state index in [0.717, 1.165) is 49.9 Å². The summed E-state index contributed by atoms with van der Waals surface area (Å²) in [6.45, 7) is 28.3. The molecule has 4 fully saturated rings. The largest absolute Gasteiger partial charge is 0.481 e. The Bertz CT molecular complexity index is 1770. The molecule has 0 aromatic carbocycles. The van der Waals surface area contributed by atoms with Crippen molar-refractivity contribution in [2.45, 2.75) is 145 Å². The lowest BCUT2D eigenvalue weighted by molar-refractivity contribution is -0.274. The average molecular weight is 744 g/mol. The van der Waals surface area contributed by atoms with Gasteiger partial charge in [0, 0.05) is 34.3 Å². The van der Waals surface area contributed by atoms with Crippen LogP contribution >= 0.6 is 0 Å². The van der Waals surface area contributed by atoms with Gasteiger partial charge in [0.25, 0.3) is 0 Å². The van der Waals surface area contributed by atoms with Crippen LogP contribution in [-0.4, -0.2) is 61.8 Å². The molecular weight excluding hydrogens is 675 g/mol. The Balaban J connectivity index is 1.38. The minimum Gasteiger partial charge on any atom is -0.481 e. The van der Waals surface area contributed by atoms with Crippen molar-refractivity contribution in [1.29, 1.82) is 0 Å². The van der Waals surface area contributed by atoms with E-state index in [1.807, 2.05) is 24.5 Å². The van der Waals surface area contributed by atoms with Crippen LogP contribution in [0.15, 0.2) is 42.5 Å². The lowest BCUT2D eigenvalue weighted by Gasteiger charge is -2.72. The molecule has 9 heteroatoms. The van der Waals surface area contributed by atoms with E-state index in [1.165, 1.54) is 5.57 Å². The SMILES string of the molecule is CC(C)[C@@H](C)[C@@]1(C)CCC2(C)[C@H]3CC[C@H]4[C@@]5(C)CO[C@@H](C)[C@@]4(C[C@@H](n4ncnc4-c4ccncc4)[C@@H]5OCC(C)(N)C(C)(C)C)C3=CC[C@@]2(C)[C@@H]1C(=O)O. The molecule has 3 heterocycles. The summed E-state index contributed by atoms with van der Waals surface area (Å²) in [6.07, 6.45) is 13.2. The molecule has 13 atom stereocenters. The predicted molar refractivity (Wildman–Crippen MR) is 212 cm³/mol. The molecule has 0 spiro atoms. The van der Waals surface area contributed by atoms with Crippen LogP contribution in [0.25, 0.3) is 11.4 Å². The second-order valence-electron chi connectivity index (χ2n) is 21.1. The van der Waals surface area contributed by atoms with Crippen LogP contribution in [0.2, 0.25) is 0 Å². The molecule has 0 amide bonds. The minimum atomic E-state index is -0.626. The van der Waals surface area contributed by atoms with Crippen LogP contribution in [0.3, 0.4) is 0 Å². The number of carboxylic acid groups (broad SMARTS) is 1. The van der Waals surface area contributed by atoms with Gasteiger partial charge in [-0.3, -0.25) is 9.78 Å². The Hall–Kier alpha value is -2.62. The number of nitrogens with two attached hydrogens (primary N) is 1. The number of fused-ring (bicyclic) bond motifs is 3. The summed E-state index contributed by atoms with van der Waals surface area (Å²) < 4.78 is 16.4. The third-order valence-corrected chi connectivity index (χ3v) is 17.7. The van der Waals surface area contributed by atoms with Gasteiger partial charge in [-0.15, -0.1) is 0 Å².